The third-order valence-electron chi connectivity index (χ3n) is 8.49. The summed E-state index contributed by atoms with van der Waals surface area (Å²) in [6.45, 7) is -0.194. The number of carbonyl (C=O) groups excluding carboxylic acids is 5. The maximum absolute atomic E-state index is 13.9. The molecule has 1 heterocycles. The van der Waals surface area contributed by atoms with Crippen LogP contribution in [-0.2, 0) is 36.8 Å². The van der Waals surface area contributed by atoms with Crippen LogP contribution in [0, 0.1) is 0 Å². The lowest BCUT2D eigenvalue weighted by atomic mass is 10.0. The Labute approximate surface area is 306 Å². The number of phenolic OH excluding ortho intramolecular Hbond substituents is 1. The molecule has 5 amide bonds. The van der Waals surface area contributed by atoms with Crippen LogP contribution in [0.25, 0.3) is 10.8 Å². The summed E-state index contributed by atoms with van der Waals surface area (Å²) in [5.41, 5.74) is 23.2. The predicted molar refractivity (Wildman–Crippen MR) is 200 cm³/mol. The number of fused-ring (bicyclic) bond motifs is 1. The van der Waals surface area contributed by atoms with E-state index in [0.717, 1.165) is 16.3 Å². The number of amides is 5. The van der Waals surface area contributed by atoms with E-state index >= 15 is 0 Å². The highest BCUT2D eigenvalue weighted by atomic mass is 16.3. The number of hydrogen-bond acceptors (Lipinski definition) is 8. The zero-order valence-corrected chi connectivity index (χ0v) is 29.2. The average Bonchev–Trinajstić information content (AvgIpc) is 3.12. The molecule has 0 aliphatic carbocycles. The van der Waals surface area contributed by atoms with E-state index in [9.17, 15) is 29.1 Å². The first-order valence-corrected chi connectivity index (χ1v) is 17.2. The number of benzene rings is 3. The van der Waals surface area contributed by atoms with Gasteiger partial charge < -0.3 is 54.6 Å². The van der Waals surface area contributed by atoms with Crippen LogP contribution in [0.1, 0.15) is 36.8 Å². The largest absolute Gasteiger partial charge is 0.508 e. The number of guanidine groups is 2. The number of nitrogens with one attached hydrogen (secondary N) is 5. The minimum Gasteiger partial charge on any atom is -0.508 e. The number of nitrogens with zero attached hydrogens (tertiary/aromatic N) is 2. The molecule has 0 unspecified atom stereocenters. The molecule has 1 fully saturated rings. The molecule has 0 saturated carbocycles. The standard InChI is InChI=1S/C36H47N11O6/c37-35(38)41-15-3-7-26-32(51)45-27(8-4-16-42-36(39)40)33(52)47-28(19-22-9-12-23-5-1-2-6-24(23)17-22)31(50)43-20-30(49)44-29(34(53)46-26)18-21-10-13-25(48)14-11-21/h1-2,5-6,9-14,17,26-29,48H,3-4,7-8,15-16,18-20H2,(H,43,50)(H,44,49)(H,45,51)(H,46,53)(H,47,52)(H4,37,38,41)(H4,39,40,42)/t26-,27+,28+,29+/m1/s1. The Kier molecular flexibility index (Phi) is 14.3. The molecule has 4 rings (SSSR count). The lowest BCUT2D eigenvalue weighted by molar-refractivity contribution is -0.134. The topological polar surface area (TPSA) is 295 Å². The predicted octanol–water partition coefficient (Wildman–Crippen LogP) is -1.49. The summed E-state index contributed by atoms with van der Waals surface area (Å²) in [7, 11) is 0. The zero-order chi connectivity index (χ0) is 38.3. The highest BCUT2D eigenvalue weighted by Gasteiger charge is 2.32. The summed E-state index contributed by atoms with van der Waals surface area (Å²) in [5, 5.41) is 25.1. The number of carbonyl (C=O) groups is 5. The van der Waals surface area contributed by atoms with Crippen molar-refractivity contribution in [2.24, 2.45) is 32.9 Å². The van der Waals surface area contributed by atoms with Gasteiger partial charge in [0, 0.05) is 25.9 Å². The zero-order valence-electron chi connectivity index (χ0n) is 29.2. The highest BCUT2D eigenvalue weighted by Crippen LogP contribution is 2.17. The fourth-order valence-electron chi connectivity index (χ4n) is 5.79. The lowest BCUT2D eigenvalue weighted by Gasteiger charge is -2.26. The van der Waals surface area contributed by atoms with Gasteiger partial charge in [-0.15, -0.1) is 0 Å². The SMILES string of the molecule is NC(N)=NCCC[C@@H]1NC(=O)[C@@H](CCCN=C(N)N)NC(=O)[C@H](Cc2ccc(O)cc2)NC(=O)CNC(=O)[C@H](Cc2ccc3ccccc3c2)NC1=O. The van der Waals surface area contributed by atoms with Crippen molar-refractivity contribution in [3.63, 3.8) is 0 Å². The minimum absolute atomic E-state index is 0.00775. The summed E-state index contributed by atoms with van der Waals surface area (Å²) in [6.07, 6.45) is 0.769. The summed E-state index contributed by atoms with van der Waals surface area (Å²) in [6, 6.07) is 14.7. The first-order valence-electron chi connectivity index (χ1n) is 17.2. The van der Waals surface area contributed by atoms with Gasteiger partial charge in [-0.05, 0) is 59.7 Å². The molecule has 14 N–H and O–H groups in total. The van der Waals surface area contributed by atoms with E-state index in [2.05, 4.69) is 36.6 Å². The van der Waals surface area contributed by atoms with Gasteiger partial charge in [-0.25, -0.2) is 0 Å². The van der Waals surface area contributed by atoms with Gasteiger partial charge in [-0.1, -0.05) is 54.6 Å². The lowest BCUT2D eigenvalue weighted by Crippen LogP contribution is -2.58. The number of nitrogens with two attached hydrogens (primary N) is 4. The van der Waals surface area contributed by atoms with Gasteiger partial charge >= 0.3 is 0 Å². The van der Waals surface area contributed by atoms with Gasteiger partial charge in [0.2, 0.25) is 29.5 Å². The Bertz CT molecular complexity index is 1820. The molecule has 282 valence electrons. The maximum Gasteiger partial charge on any atom is 0.243 e. The normalized spacial score (nSPS) is 20.0. The molecule has 1 saturated heterocycles. The molecule has 53 heavy (non-hydrogen) atoms. The number of rotatable bonds is 12. The van der Waals surface area contributed by atoms with Gasteiger partial charge in [0.1, 0.15) is 29.9 Å². The molecule has 0 bridgehead atoms. The van der Waals surface area contributed by atoms with Crippen molar-refractivity contribution in [1.82, 2.24) is 26.6 Å². The molecular weight excluding hydrogens is 682 g/mol. The molecule has 4 atom stereocenters. The quantitative estimate of drug-likeness (QED) is 0.0585. The van der Waals surface area contributed by atoms with Crippen LogP contribution < -0.4 is 49.5 Å². The van der Waals surface area contributed by atoms with E-state index in [0.29, 0.717) is 5.56 Å². The molecule has 3 aromatic carbocycles. The first kappa shape index (κ1) is 39.4. The van der Waals surface area contributed by atoms with Crippen LogP contribution in [0.3, 0.4) is 0 Å². The smallest absolute Gasteiger partial charge is 0.243 e. The van der Waals surface area contributed by atoms with Crippen molar-refractivity contribution < 1.29 is 29.1 Å². The summed E-state index contributed by atoms with van der Waals surface area (Å²) < 4.78 is 0. The molecule has 17 nitrogen and oxygen atoms in total. The summed E-state index contributed by atoms with van der Waals surface area (Å²) in [5.74, 6) is -3.66. The van der Waals surface area contributed by atoms with Gasteiger partial charge in [-0.2, -0.15) is 0 Å². The second-order valence-corrected chi connectivity index (χ2v) is 12.7. The molecule has 0 spiro atoms. The Morgan fingerprint density at radius 2 is 1.09 bits per heavy atom. The Balaban J connectivity index is 1.68. The van der Waals surface area contributed by atoms with Crippen LogP contribution in [-0.4, -0.2) is 90.4 Å². The number of aliphatic imine (C=N–C) groups is 2. The van der Waals surface area contributed by atoms with Crippen molar-refractivity contribution in [3.05, 3.63) is 77.9 Å². The molecule has 3 aromatic rings. The minimum atomic E-state index is -1.19. The summed E-state index contributed by atoms with van der Waals surface area (Å²) in [4.78, 5) is 76.4. The molecule has 17 heteroatoms. The van der Waals surface area contributed by atoms with Crippen molar-refractivity contribution in [2.45, 2.75) is 62.7 Å². The first-order chi connectivity index (χ1) is 25.4. The molecule has 0 radical (unpaired) electrons. The molecular formula is C36H47N11O6. The van der Waals surface area contributed by atoms with Crippen molar-refractivity contribution in [2.75, 3.05) is 19.6 Å². The van der Waals surface area contributed by atoms with E-state index in [4.69, 9.17) is 22.9 Å². The van der Waals surface area contributed by atoms with Gasteiger partial charge in [0.25, 0.3) is 0 Å². The van der Waals surface area contributed by atoms with Crippen LogP contribution in [0.2, 0.25) is 0 Å². The number of hydrogen-bond donors (Lipinski definition) is 10. The fraction of sp³-hybridized carbons (Fsp3) is 0.361. The highest BCUT2D eigenvalue weighted by molar-refractivity contribution is 5.97. The van der Waals surface area contributed by atoms with E-state index in [1.54, 1.807) is 12.1 Å². The maximum atomic E-state index is 13.9. The third kappa shape index (κ3) is 12.7. The van der Waals surface area contributed by atoms with Gasteiger partial charge in [0.05, 0.1) is 6.54 Å². The van der Waals surface area contributed by atoms with E-state index in [-0.39, 0.29) is 69.3 Å². The van der Waals surface area contributed by atoms with Crippen molar-refractivity contribution in [3.8, 4) is 5.75 Å². The van der Waals surface area contributed by atoms with E-state index in [1.807, 2.05) is 42.5 Å². The Hall–Kier alpha value is -6.39. The van der Waals surface area contributed by atoms with Crippen LogP contribution in [0.15, 0.2) is 76.7 Å². The number of aromatic hydroxyl groups is 1. The Morgan fingerprint density at radius 3 is 1.68 bits per heavy atom. The molecule has 1 aliphatic heterocycles. The van der Waals surface area contributed by atoms with Crippen LogP contribution in [0.5, 0.6) is 5.75 Å². The molecule has 1 aliphatic rings. The van der Waals surface area contributed by atoms with Crippen molar-refractivity contribution >= 4 is 52.2 Å². The summed E-state index contributed by atoms with van der Waals surface area (Å²) >= 11 is 0. The fourth-order valence-corrected chi connectivity index (χ4v) is 5.79. The van der Waals surface area contributed by atoms with Gasteiger partial charge in [-0.3, -0.25) is 34.0 Å². The van der Waals surface area contributed by atoms with Crippen molar-refractivity contribution in [1.29, 1.82) is 0 Å². The third-order valence-corrected chi connectivity index (χ3v) is 8.49. The molecule has 0 aromatic heterocycles. The second-order valence-electron chi connectivity index (χ2n) is 12.7. The number of phenols is 1. The van der Waals surface area contributed by atoms with E-state index < -0.39 is 60.2 Å². The average molecular weight is 730 g/mol. The Morgan fingerprint density at radius 1 is 0.604 bits per heavy atom. The van der Waals surface area contributed by atoms with Crippen LogP contribution >= 0.6 is 0 Å². The monoisotopic (exact) mass is 729 g/mol. The van der Waals surface area contributed by atoms with Crippen LogP contribution in [0.4, 0.5) is 0 Å². The van der Waals surface area contributed by atoms with Gasteiger partial charge in [0.15, 0.2) is 11.9 Å². The second kappa shape index (κ2) is 19.3. The van der Waals surface area contributed by atoms with E-state index in [1.165, 1.54) is 12.1 Å².